The number of aliphatic hydroxyl groups excluding tert-OH is 1. The zero-order valence-electron chi connectivity index (χ0n) is 11.6. The predicted octanol–water partition coefficient (Wildman–Crippen LogP) is 2.24. The molecule has 1 aromatic heterocycles. The zero-order chi connectivity index (χ0) is 16.5. The number of alkyl halides is 3. The van der Waals surface area contributed by atoms with Gasteiger partial charge in [0.1, 0.15) is 12.4 Å². The molecule has 1 amide bonds. The minimum Gasteiger partial charge on any atom is -0.489 e. The van der Waals surface area contributed by atoms with E-state index in [1.807, 2.05) is 0 Å². The van der Waals surface area contributed by atoms with Crippen LogP contribution in [0.1, 0.15) is 12.5 Å². The molecule has 1 aromatic rings. The second-order valence-electron chi connectivity index (χ2n) is 4.54. The molecule has 0 radical (unpaired) electrons. The van der Waals surface area contributed by atoms with Crippen molar-refractivity contribution < 1.29 is 27.8 Å². The Hall–Kier alpha value is -2.35. The molecule has 0 bridgehead atoms. The summed E-state index contributed by atoms with van der Waals surface area (Å²) in [5.41, 5.74) is -0.857. The lowest BCUT2D eigenvalue weighted by Gasteiger charge is -2.22. The Labute approximate surface area is 124 Å². The van der Waals surface area contributed by atoms with Crippen LogP contribution >= 0.6 is 0 Å². The lowest BCUT2D eigenvalue weighted by molar-refractivity contribution is -0.137. The number of aromatic nitrogens is 1. The molecule has 0 aliphatic carbocycles. The summed E-state index contributed by atoms with van der Waals surface area (Å²) in [6, 6.07) is 1.48. The highest BCUT2D eigenvalue weighted by molar-refractivity contribution is 6.08. The molecule has 1 aliphatic heterocycles. The van der Waals surface area contributed by atoms with Gasteiger partial charge in [-0.25, -0.2) is 4.98 Å². The summed E-state index contributed by atoms with van der Waals surface area (Å²) in [6.45, 7) is 4.91. The van der Waals surface area contributed by atoms with E-state index in [4.69, 9.17) is 4.74 Å². The number of amides is 1. The highest BCUT2D eigenvalue weighted by Gasteiger charge is 2.40. The summed E-state index contributed by atoms with van der Waals surface area (Å²) in [5.74, 6) is -0.994. The first-order chi connectivity index (χ1) is 10.3. The van der Waals surface area contributed by atoms with Crippen LogP contribution in [0.25, 0.3) is 0 Å². The summed E-state index contributed by atoms with van der Waals surface area (Å²) in [5, 5.41) is 10.1. The van der Waals surface area contributed by atoms with Crippen molar-refractivity contribution in [2.75, 3.05) is 11.5 Å². The highest BCUT2D eigenvalue weighted by atomic mass is 19.4. The van der Waals surface area contributed by atoms with Gasteiger partial charge in [0.05, 0.1) is 11.1 Å². The van der Waals surface area contributed by atoms with Crippen molar-refractivity contribution in [3.63, 3.8) is 0 Å². The molecule has 1 unspecified atom stereocenters. The molecule has 1 atom stereocenters. The summed E-state index contributed by atoms with van der Waals surface area (Å²) in [4.78, 5) is 16.6. The average molecular weight is 314 g/mol. The molecule has 0 fully saturated rings. The molecule has 0 spiro atoms. The predicted molar refractivity (Wildman–Crippen MR) is 71.6 cm³/mol. The van der Waals surface area contributed by atoms with Gasteiger partial charge in [0, 0.05) is 6.20 Å². The molecule has 2 heterocycles. The fraction of sp³-hybridized carbons (Fsp3) is 0.286. The lowest BCUT2D eigenvalue weighted by atomic mass is 10.2. The molecule has 2 rings (SSSR count). The van der Waals surface area contributed by atoms with E-state index in [0.29, 0.717) is 6.07 Å². The van der Waals surface area contributed by atoms with E-state index in [1.165, 1.54) is 13.0 Å². The van der Waals surface area contributed by atoms with Crippen LogP contribution in [0.15, 0.2) is 42.3 Å². The minimum atomic E-state index is -4.57. The average Bonchev–Trinajstić information content (AvgIpc) is 2.67. The maximum atomic E-state index is 12.7. The monoisotopic (exact) mass is 314 g/mol. The number of aliphatic hydroxyl groups is 1. The molecular weight excluding hydrogens is 301 g/mol. The van der Waals surface area contributed by atoms with Gasteiger partial charge < -0.3 is 9.84 Å². The van der Waals surface area contributed by atoms with Crippen molar-refractivity contribution in [2.45, 2.75) is 19.3 Å². The quantitative estimate of drug-likeness (QED) is 0.866. The lowest BCUT2D eigenvalue weighted by Crippen LogP contribution is -2.36. The van der Waals surface area contributed by atoms with Crippen molar-refractivity contribution in [3.8, 4) is 0 Å². The molecule has 0 saturated carbocycles. The fourth-order valence-electron chi connectivity index (χ4n) is 2.00. The Morgan fingerprint density at radius 2 is 2.23 bits per heavy atom. The molecule has 0 aromatic carbocycles. The van der Waals surface area contributed by atoms with Gasteiger partial charge in [-0.1, -0.05) is 12.7 Å². The molecule has 1 N–H and O–H groups in total. The van der Waals surface area contributed by atoms with Gasteiger partial charge >= 0.3 is 6.18 Å². The van der Waals surface area contributed by atoms with E-state index < -0.39 is 23.9 Å². The SMILES string of the molecule is C=CCOC1=C(C)C(=O)N(c2cc(C(F)(F)F)ccn2)C1O. The summed E-state index contributed by atoms with van der Waals surface area (Å²) in [7, 11) is 0. The van der Waals surface area contributed by atoms with E-state index >= 15 is 0 Å². The summed E-state index contributed by atoms with van der Waals surface area (Å²) < 4.78 is 43.4. The van der Waals surface area contributed by atoms with Gasteiger partial charge in [0.25, 0.3) is 5.91 Å². The Kier molecular flexibility index (Phi) is 4.23. The number of nitrogens with zero attached hydrogens (tertiary/aromatic N) is 2. The number of carbonyl (C=O) groups excluding carboxylic acids is 1. The Bertz CT molecular complexity index is 640. The molecule has 0 saturated heterocycles. The van der Waals surface area contributed by atoms with Crippen LogP contribution in [-0.2, 0) is 15.7 Å². The van der Waals surface area contributed by atoms with Crippen molar-refractivity contribution >= 4 is 11.7 Å². The second kappa shape index (κ2) is 5.80. The second-order valence-corrected chi connectivity index (χ2v) is 4.54. The van der Waals surface area contributed by atoms with Crippen LogP contribution in [0.4, 0.5) is 19.0 Å². The van der Waals surface area contributed by atoms with Gasteiger partial charge in [-0.3, -0.25) is 9.69 Å². The molecule has 22 heavy (non-hydrogen) atoms. The normalized spacial score (nSPS) is 18.9. The number of halogens is 3. The van der Waals surface area contributed by atoms with E-state index in [2.05, 4.69) is 11.6 Å². The van der Waals surface area contributed by atoms with Crippen LogP contribution < -0.4 is 4.90 Å². The standard InChI is InChI=1S/C14H13F3N2O3/c1-3-6-22-11-8(2)12(20)19(13(11)21)10-7-9(4-5-18-10)14(15,16)17/h3-5,7,13,21H,1,6H2,2H3. The number of ether oxygens (including phenoxy) is 1. The van der Waals surface area contributed by atoms with Crippen LogP contribution in [0.5, 0.6) is 0 Å². The fourth-order valence-corrected chi connectivity index (χ4v) is 2.00. The number of hydrogen-bond acceptors (Lipinski definition) is 4. The van der Waals surface area contributed by atoms with Crippen molar-refractivity contribution in [3.05, 3.63) is 47.9 Å². The van der Waals surface area contributed by atoms with Gasteiger partial charge in [0.2, 0.25) is 0 Å². The third kappa shape index (κ3) is 2.82. The van der Waals surface area contributed by atoms with Gasteiger partial charge in [-0.15, -0.1) is 0 Å². The number of pyridine rings is 1. The van der Waals surface area contributed by atoms with Crippen LogP contribution in [0.3, 0.4) is 0 Å². The zero-order valence-corrected chi connectivity index (χ0v) is 11.6. The largest absolute Gasteiger partial charge is 0.489 e. The molecule has 5 nitrogen and oxygen atoms in total. The summed E-state index contributed by atoms with van der Waals surface area (Å²) >= 11 is 0. The number of hydrogen-bond donors (Lipinski definition) is 1. The van der Waals surface area contributed by atoms with Crippen molar-refractivity contribution in [1.82, 2.24) is 4.98 Å². The van der Waals surface area contributed by atoms with Gasteiger partial charge in [-0.05, 0) is 19.1 Å². The van der Waals surface area contributed by atoms with Gasteiger partial charge in [0.15, 0.2) is 12.0 Å². The van der Waals surface area contributed by atoms with Crippen LogP contribution in [0.2, 0.25) is 0 Å². The first-order valence-corrected chi connectivity index (χ1v) is 6.26. The number of carbonyl (C=O) groups is 1. The van der Waals surface area contributed by atoms with Crippen LogP contribution in [-0.4, -0.2) is 28.8 Å². The van der Waals surface area contributed by atoms with Crippen molar-refractivity contribution in [1.29, 1.82) is 0 Å². The van der Waals surface area contributed by atoms with Crippen LogP contribution in [0, 0.1) is 0 Å². The molecule has 8 heteroatoms. The van der Waals surface area contributed by atoms with E-state index in [-0.39, 0.29) is 23.8 Å². The van der Waals surface area contributed by atoms with E-state index in [0.717, 1.165) is 17.2 Å². The van der Waals surface area contributed by atoms with Gasteiger partial charge in [-0.2, -0.15) is 13.2 Å². The maximum absolute atomic E-state index is 12.7. The summed E-state index contributed by atoms with van der Waals surface area (Å²) in [6.07, 6.45) is -3.75. The third-order valence-corrected chi connectivity index (χ3v) is 3.06. The minimum absolute atomic E-state index is 0.0240. The molecular formula is C14H13F3N2O3. The Morgan fingerprint density at radius 1 is 1.55 bits per heavy atom. The topological polar surface area (TPSA) is 62.7 Å². The Morgan fingerprint density at radius 3 is 2.82 bits per heavy atom. The number of anilines is 1. The number of rotatable bonds is 4. The maximum Gasteiger partial charge on any atom is 0.416 e. The van der Waals surface area contributed by atoms with E-state index in [1.54, 1.807) is 0 Å². The first kappa shape index (κ1) is 16.0. The molecule has 118 valence electrons. The van der Waals surface area contributed by atoms with Crippen molar-refractivity contribution in [2.24, 2.45) is 0 Å². The molecule has 1 aliphatic rings. The smallest absolute Gasteiger partial charge is 0.416 e. The third-order valence-electron chi connectivity index (χ3n) is 3.06. The first-order valence-electron chi connectivity index (χ1n) is 6.26. The van der Waals surface area contributed by atoms with E-state index in [9.17, 15) is 23.1 Å². The Balaban J connectivity index is 2.35. The highest BCUT2D eigenvalue weighted by Crippen LogP contribution is 2.34.